The van der Waals surface area contributed by atoms with Crippen molar-refractivity contribution in [2.45, 2.75) is 24.3 Å². The zero-order chi connectivity index (χ0) is 25.9. The number of fused-ring (bicyclic) bond motifs is 5. The van der Waals surface area contributed by atoms with Crippen LogP contribution in [0.15, 0.2) is 115 Å². The fourth-order valence-corrected chi connectivity index (χ4v) is 7.04. The smallest absolute Gasteiger partial charge is 0.239 e. The fourth-order valence-electron chi connectivity index (χ4n) is 7.04. The van der Waals surface area contributed by atoms with Gasteiger partial charge in [0.2, 0.25) is 5.91 Å². The van der Waals surface area contributed by atoms with E-state index in [1.54, 1.807) is 6.07 Å². The number of halogens is 1. The summed E-state index contributed by atoms with van der Waals surface area (Å²) in [5.74, 6) is -0.658. The molecule has 3 aliphatic rings. The van der Waals surface area contributed by atoms with E-state index in [1.807, 2.05) is 114 Å². The highest BCUT2D eigenvalue weighted by Gasteiger charge is 2.65. The van der Waals surface area contributed by atoms with E-state index in [0.717, 1.165) is 27.9 Å². The molecule has 4 aromatic rings. The van der Waals surface area contributed by atoms with Gasteiger partial charge in [-0.05, 0) is 40.3 Å². The predicted octanol–water partition coefficient (Wildman–Crippen LogP) is 6.89. The van der Waals surface area contributed by atoms with E-state index >= 15 is 4.39 Å². The monoisotopic (exact) mass is 499 g/mol. The summed E-state index contributed by atoms with van der Waals surface area (Å²) in [5.41, 5.74) is 3.23. The maximum atomic E-state index is 15.4. The molecule has 1 heterocycles. The Hall–Kier alpha value is -4.31. The van der Waals surface area contributed by atoms with Crippen molar-refractivity contribution in [1.82, 2.24) is 0 Å². The third-order valence-electron chi connectivity index (χ3n) is 8.73. The number of alkyl halides is 1. The quantitative estimate of drug-likeness (QED) is 0.306. The molecule has 1 aliphatic heterocycles. The van der Waals surface area contributed by atoms with Crippen LogP contribution < -0.4 is 4.90 Å². The second-order valence-electron chi connectivity index (χ2n) is 10.6. The molecule has 1 amide bonds. The van der Waals surface area contributed by atoms with Crippen molar-refractivity contribution < 1.29 is 14.0 Å². The molecule has 0 N–H and O–H groups in total. The van der Waals surface area contributed by atoms with Gasteiger partial charge in [0, 0.05) is 17.2 Å². The molecular weight excluding hydrogens is 473 g/mol. The highest BCUT2D eigenvalue weighted by Crippen LogP contribution is 2.64. The summed E-state index contributed by atoms with van der Waals surface area (Å²) >= 11 is 0. The summed E-state index contributed by atoms with van der Waals surface area (Å²) in [4.78, 5) is 30.6. The normalized spacial score (nSPS) is 25.2. The molecular formula is C34H26FNO2. The standard InChI is InChI=1S/C34H26FNO2/c35-22-33-21-34(27-17-9-10-18-30(27)36(32(34)38)20-23-11-3-1-4-12-23)28(24-13-5-2-6-14-24)19-29(33)25-15-7-8-16-26(25)31(33)37/h1-19,28H,20-22H2/t28-,33-,34+/m1/s1. The molecule has 186 valence electrons. The third kappa shape index (κ3) is 2.94. The number of nitrogens with zero attached hydrogens (tertiary/aromatic N) is 1. The van der Waals surface area contributed by atoms with Crippen molar-refractivity contribution in [3.63, 3.8) is 0 Å². The molecule has 0 bridgehead atoms. The number of para-hydroxylation sites is 1. The van der Waals surface area contributed by atoms with Gasteiger partial charge in [-0.1, -0.05) is 109 Å². The van der Waals surface area contributed by atoms with E-state index in [0.29, 0.717) is 17.7 Å². The van der Waals surface area contributed by atoms with E-state index < -0.39 is 17.5 Å². The summed E-state index contributed by atoms with van der Waals surface area (Å²) in [6.45, 7) is -0.433. The minimum atomic E-state index is -1.39. The minimum absolute atomic E-state index is 0.0803. The number of anilines is 1. The van der Waals surface area contributed by atoms with Crippen molar-refractivity contribution in [2.75, 3.05) is 11.6 Å². The van der Waals surface area contributed by atoms with Crippen LogP contribution in [0.2, 0.25) is 0 Å². The van der Waals surface area contributed by atoms with Crippen molar-refractivity contribution in [2.24, 2.45) is 5.41 Å². The average molecular weight is 500 g/mol. The Kier molecular flexibility index (Phi) is 5.02. The predicted molar refractivity (Wildman–Crippen MR) is 147 cm³/mol. The number of ketones is 1. The van der Waals surface area contributed by atoms with E-state index in [9.17, 15) is 9.59 Å². The van der Waals surface area contributed by atoms with Crippen LogP contribution in [0.3, 0.4) is 0 Å². The number of carbonyl (C=O) groups is 2. The second kappa shape index (κ2) is 8.35. The van der Waals surface area contributed by atoms with E-state index in [1.165, 1.54) is 0 Å². The van der Waals surface area contributed by atoms with Crippen LogP contribution in [-0.2, 0) is 16.8 Å². The zero-order valence-corrected chi connectivity index (χ0v) is 20.8. The van der Waals surface area contributed by atoms with Gasteiger partial charge in [-0.3, -0.25) is 9.59 Å². The lowest BCUT2D eigenvalue weighted by Gasteiger charge is -2.46. The maximum Gasteiger partial charge on any atom is 0.239 e. The van der Waals surface area contributed by atoms with Crippen LogP contribution in [0.1, 0.15) is 45.0 Å². The SMILES string of the molecule is O=C1c2ccccc2C2=C[C@H](c3ccccc3)[C@@]3(C[C@]12CF)C(=O)N(Cc1ccccc1)c1ccccc13. The maximum absolute atomic E-state index is 15.4. The van der Waals surface area contributed by atoms with Crippen LogP contribution in [0, 0.1) is 5.41 Å². The Morgan fingerprint density at radius 1 is 0.763 bits per heavy atom. The summed E-state index contributed by atoms with van der Waals surface area (Å²) < 4.78 is 15.4. The largest absolute Gasteiger partial charge is 0.307 e. The van der Waals surface area contributed by atoms with Crippen LogP contribution in [-0.4, -0.2) is 18.4 Å². The van der Waals surface area contributed by atoms with Crippen molar-refractivity contribution in [3.05, 3.63) is 143 Å². The topological polar surface area (TPSA) is 37.4 Å². The van der Waals surface area contributed by atoms with Crippen LogP contribution in [0.25, 0.3) is 5.57 Å². The first kappa shape index (κ1) is 22.9. The van der Waals surface area contributed by atoms with Gasteiger partial charge in [0.05, 0.1) is 17.4 Å². The molecule has 4 heteroatoms. The Morgan fingerprint density at radius 3 is 2.13 bits per heavy atom. The summed E-state index contributed by atoms with van der Waals surface area (Å²) in [6.07, 6.45) is 2.12. The molecule has 0 unspecified atom stereocenters. The third-order valence-corrected chi connectivity index (χ3v) is 8.73. The molecule has 3 atom stereocenters. The van der Waals surface area contributed by atoms with Gasteiger partial charge in [-0.15, -0.1) is 0 Å². The van der Waals surface area contributed by atoms with Crippen LogP contribution >= 0.6 is 0 Å². The highest BCUT2D eigenvalue weighted by atomic mass is 19.1. The summed E-state index contributed by atoms with van der Waals surface area (Å²) in [6, 6.07) is 35.1. The van der Waals surface area contributed by atoms with Gasteiger partial charge >= 0.3 is 0 Å². The van der Waals surface area contributed by atoms with Gasteiger partial charge < -0.3 is 4.90 Å². The number of allylic oxidation sites excluding steroid dienone is 2. The molecule has 38 heavy (non-hydrogen) atoms. The summed E-state index contributed by atoms with van der Waals surface area (Å²) in [5, 5.41) is 0. The Morgan fingerprint density at radius 2 is 1.39 bits per heavy atom. The van der Waals surface area contributed by atoms with E-state index in [2.05, 4.69) is 0 Å². The molecule has 3 nitrogen and oxygen atoms in total. The molecule has 2 aliphatic carbocycles. The summed E-state index contributed by atoms with van der Waals surface area (Å²) in [7, 11) is 0. The van der Waals surface area contributed by atoms with Crippen molar-refractivity contribution in [3.8, 4) is 0 Å². The fraction of sp³-hybridized carbons (Fsp3) is 0.176. The first-order valence-corrected chi connectivity index (χ1v) is 13.0. The lowest BCUT2D eigenvalue weighted by Crippen LogP contribution is -2.51. The first-order valence-electron chi connectivity index (χ1n) is 13.0. The second-order valence-corrected chi connectivity index (χ2v) is 10.6. The molecule has 1 spiro atoms. The van der Waals surface area contributed by atoms with Gasteiger partial charge in [-0.2, -0.15) is 0 Å². The number of rotatable bonds is 4. The van der Waals surface area contributed by atoms with Gasteiger partial charge in [0.1, 0.15) is 6.67 Å². The molecule has 7 rings (SSSR count). The number of benzene rings is 4. The Labute approximate surface area is 221 Å². The number of hydrogen-bond donors (Lipinski definition) is 0. The number of amides is 1. The van der Waals surface area contributed by atoms with E-state index in [4.69, 9.17) is 0 Å². The van der Waals surface area contributed by atoms with Gasteiger partial charge in [0.15, 0.2) is 5.78 Å². The number of Topliss-reactive ketones (excluding diaryl/α,β-unsaturated/α-hetero) is 1. The molecule has 0 saturated carbocycles. The lowest BCUT2D eigenvalue weighted by molar-refractivity contribution is -0.124. The van der Waals surface area contributed by atoms with Gasteiger partial charge in [0.25, 0.3) is 0 Å². The molecule has 0 fully saturated rings. The molecule has 4 aromatic carbocycles. The number of carbonyl (C=O) groups excluding carboxylic acids is 2. The van der Waals surface area contributed by atoms with Crippen molar-refractivity contribution >= 4 is 23.0 Å². The van der Waals surface area contributed by atoms with Crippen LogP contribution in [0.5, 0.6) is 0 Å². The lowest BCUT2D eigenvalue weighted by atomic mass is 9.54. The number of hydrogen-bond acceptors (Lipinski definition) is 2. The Bertz CT molecular complexity index is 1610. The minimum Gasteiger partial charge on any atom is -0.307 e. The molecule has 0 saturated heterocycles. The molecule has 0 radical (unpaired) electrons. The van der Waals surface area contributed by atoms with Crippen LogP contribution in [0.4, 0.5) is 10.1 Å². The first-order chi connectivity index (χ1) is 18.6. The van der Waals surface area contributed by atoms with Gasteiger partial charge in [-0.25, -0.2) is 4.39 Å². The average Bonchev–Trinajstić information content (AvgIpc) is 3.35. The highest BCUT2D eigenvalue weighted by molar-refractivity contribution is 6.19. The Balaban J connectivity index is 1.49. The van der Waals surface area contributed by atoms with E-state index in [-0.39, 0.29) is 24.0 Å². The zero-order valence-electron chi connectivity index (χ0n) is 20.8. The van der Waals surface area contributed by atoms with Crippen molar-refractivity contribution in [1.29, 1.82) is 0 Å². The molecule has 0 aromatic heterocycles.